The molecular formula is C23H25FN4O3S. The molecule has 1 aliphatic rings. The van der Waals surface area contributed by atoms with Gasteiger partial charge in [-0.25, -0.2) is 17.5 Å². The van der Waals surface area contributed by atoms with E-state index in [9.17, 15) is 17.6 Å². The maximum Gasteiger partial charge on any atom is 0.257 e. The average Bonchev–Trinajstić information content (AvgIpc) is 3.16. The Morgan fingerprint density at radius 3 is 2.28 bits per heavy atom. The Bertz CT molecular complexity index is 1260. The zero-order valence-electron chi connectivity index (χ0n) is 18.2. The van der Waals surface area contributed by atoms with Crippen LogP contribution in [0.3, 0.4) is 0 Å². The van der Waals surface area contributed by atoms with Gasteiger partial charge in [0.25, 0.3) is 5.91 Å². The smallest absolute Gasteiger partial charge is 0.257 e. The number of carbonyl (C=O) groups excluding carboxylic acids is 1. The number of sulfonamides is 1. The minimum atomic E-state index is -3.62. The van der Waals surface area contributed by atoms with Gasteiger partial charge in [0, 0.05) is 26.2 Å². The van der Waals surface area contributed by atoms with E-state index in [2.05, 4.69) is 5.10 Å². The van der Waals surface area contributed by atoms with Gasteiger partial charge in [0.1, 0.15) is 5.82 Å². The summed E-state index contributed by atoms with van der Waals surface area (Å²) in [5, 5.41) is 4.28. The molecular weight excluding hydrogens is 431 g/mol. The number of nitrogens with zero attached hydrogens (tertiary/aromatic N) is 4. The molecule has 3 aromatic rings. The van der Waals surface area contributed by atoms with Crippen molar-refractivity contribution in [1.29, 1.82) is 0 Å². The van der Waals surface area contributed by atoms with Crippen molar-refractivity contribution in [1.82, 2.24) is 19.0 Å². The SMILES string of the molecule is Cc1ccc(C)c(S(=O)(=O)N2CCN(C(=O)c3cnn(-c4ccc(F)cc4)c3C)CC2)c1. The number of halogens is 1. The third-order valence-electron chi connectivity index (χ3n) is 5.80. The first-order chi connectivity index (χ1) is 15.2. The van der Waals surface area contributed by atoms with Gasteiger partial charge >= 0.3 is 0 Å². The maximum atomic E-state index is 13.2. The number of benzene rings is 2. The lowest BCUT2D eigenvalue weighted by Crippen LogP contribution is -2.50. The van der Waals surface area contributed by atoms with Crippen molar-refractivity contribution in [2.24, 2.45) is 0 Å². The number of carbonyl (C=O) groups is 1. The van der Waals surface area contributed by atoms with Gasteiger partial charge in [0.05, 0.1) is 28.0 Å². The Balaban J connectivity index is 1.48. The Kier molecular flexibility index (Phi) is 5.87. The standard InChI is InChI=1S/C23H25FN4O3S/c1-16-4-5-17(2)22(14-16)32(30,31)27-12-10-26(11-13-27)23(29)21-15-25-28(18(21)3)20-8-6-19(24)7-9-20/h4-9,14-15H,10-13H2,1-3H3. The molecule has 32 heavy (non-hydrogen) atoms. The Morgan fingerprint density at radius 2 is 1.62 bits per heavy atom. The number of hydrogen-bond donors (Lipinski definition) is 0. The van der Waals surface area contributed by atoms with Crippen LogP contribution in [0.25, 0.3) is 5.69 Å². The first-order valence-electron chi connectivity index (χ1n) is 10.4. The van der Waals surface area contributed by atoms with E-state index in [1.165, 1.54) is 22.6 Å². The predicted molar refractivity (Wildman–Crippen MR) is 119 cm³/mol. The van der Waals surface area contributed by atoms with Gasteiger partial charge in [0.2, 0.25) is 10.0 Å². The monoisotopic (exact) mass is 456 g/mol. The highest BCUT2D eigenvalue weighted by Crippen LogP contribution is 2.23. The van der Waals surface area contributed by atoms with Gasteiger partial charge < -0.3 is 4.90 Å². The summed E-state index contributed by atoms with van der Waals surface area (Å²) in [7, 11) is -3.62. The van der Waals surface area contributed by atoms with Crippen LogP contribution in [-0.2, 0) is 10.0 Å². The molecule has 9 heteroatoms. The molecule has 7 nitrogen and oxygen atoms in total. The molecule has 2 aromatic carbocycles. The van der Waals surface area contributed by atoms with Gasteiger partial charge in [-0.15, -0.1) is 0 Å². The molecule has 0 bridgehead atoms. The fourth-order valence-corrected chi connectivity index (χ4v) is 5.62. The van der Waals surface area contributed by atoms with Gasteiger partial charge in [-0.2, -0.15) is 9.40 Å². The quantitative estimate of drug-likeness (QED) is 0.605. The lowest BCUT2D eigenvalue weighted by molar-refractivity contribution is 0.0697. The van der Waals surface area contributed by atoms with Crippen molar-refractivity contribution in [3.8, 4) is 5.69 Å². The lowest BCUT2D eigenvalue weighted by atomic mass is 10.2. The average molecular weight is 457 g/mol. The van der Waals surface area contributed by atoms with Crippen LogP contribution in [0.5, 0.6) is 0 Å². The van der Waals surface area contributed by atoms with Gasteiger partial charge in [-0.05, 0) is 62.2 Å². The normalized spacial score (nSPS) is 15.2. The first kappa shape index (κ1) is 22.2. The molecule has 0 atom stereocenters. The molecule has 1 saturated heterocycles. The van der Waals surface area contributed by atoms with E-state index >= 15 is 0 Å². The van der Waals surface area contributed by atoms with Crippen LogP contribution < -0.4 is 0 Å². The fourth-order valence-electron chi connectivity index (χ4n) is 3.89. The molecule has 4 rings (SSSR count). The van der Waals surface area contributed by atoms with E-state index in [4.69, 9.17) is 0 Å². The number of aryl methyl sites for hydroxylation is 2. The summed E-state index contributed by atoms with van der Waals surface area (Å²) in [6, 6.07) is 11.3. The minimum Gasteiger partial charge on any atom is -0.336 e. The summed E-state index contributed by atoms with van der Waals surface area (Å²) in [6.07, 6.45) is 1.50. The van der Waals surface area contributed by atoms with E-state index in [0.29, 0.717) is 40.5 Å². The van der Waals surface area contributed by atoms with Crippen LogP contribution >= 0.6 is 0 Å². The molecule has 1 amide bonds. The topological polar surface area (TPSA) is 75.5 Å². The van der Waals surface area contributed by atoms with E-state index in [1.54, 1.807) is 41.6 Å². The zero-order valence-corrected chi connectivity index (χ0v) is 19.1. The summed E-state index contributed by atoms with van der Waals surface area (Å²) >= 11 is 0. The van der Waals surface area contributed by atoms with Crippen LogP contribution in [0.4, 0.5) is 4.39 Å². The molecule has 1 aliphatic heterocycles. The van der Waals surface area contributed by atoms with Crippen molar-refractivity contribution in [2.45, 2.75) is 25.7 Å². The first-order valence-corrected chi connectivity index (χ1v) is 11.8. The minimum absolute atomic E-state index is 0.195. The Morgan fingerprint density at radius 1 is 0.969 bits per heavy atom. The number of piperazine rings is 1. The number of rotatable bonds is 4. The van der Waals surface area contributed by atoms with Crippen molar-refractivity contribution in [3.63, 3.8) is 0 Å². The van der Waals surface area contributed by atoms with E-state index in [1.807, 2.05) is 19.1 Å². The summed E-state index contributed by atoms with van der Waals surface area (Å²) in [4.78, 5) is 15.0. The lowest BCUT2D eigenvalue weighted by Gasteiger charge is -2.34. The molecule has 1 fully saturated rings. The Hall–Kier alpha value is -3.04. The fraction of sp³-hybridized carbons (Fsp3) is 0.304. The largest absolute Gasteiger partial charge is 0.336 e. The predicted octanol–water partition coefficient (Wildman–Crippen LogP) is 3.08. The second kappa shape index (κ2) is 8.48. The molecule has 0 aliphatic carbocycles. The van der Waals surface area contributed by atoms with Crippen molar-refractivity contribution in [3.05, 3.63) is 76.9 Å². The van der Waals surface area contributed by atoms with E-state index in [-0.39, 0.29) is 24.8 Å². The van der Waals surface area contributed by atoms with Crippen molar-refractivity contribution in [2.75, 3.05) is 26.2 Å². The van der Waals surface area contributed by atoms with Crippen molar-refractivity contribution >= 4 is 15.9 Å². The van der Waals surface area contributed by atoms with Crippen LogP contribution in [0.1, 0.15) is 27.2 Å². The molecule has 0 saturated carbocycles. The van der Waals surface area contributed by atoms with Gasteiger partial charge in [-0.3, -0.25) is 4.79 Å². The van der Waals surface area contributed by atoms with Crippen LogP contribution in [0, 0.1) is 26.6 Å². The molecule has 0 spiro atoms. The number of hydrogen-bond acceptors (Lipinski definition) is 4. The highest BCUT2D eigenvalue weighted by atomic mass is 32.2. The summed E-state index contributed by atoms with van der Waals surface area (Å²) in [5.41, 5.74) is 3.34. The second-order valence-corrected chi connectivity index (χ2v) is 9.90. The van der Waals surface area contributed by atoms with Gasteiger partial charge in [-0.1, -0.05) is 12.1 Å². The number of aromatic nitrogens is 2. The third-order valence-corrected chi connectivity index (χ3v) is 7.84. The third kappa shape index (κ3) is 4.05. The maximum absolute atomic E-state index is 13.2. The highest BCUT2D eigenvalue weighted by molar-refractivity contribution is 7.89. The molecule has 1 aromatic heterocycles. The van der Waals surface area contributed by atoms with Crippen molar-refractivity contribution < 1.29 is 17.6 Å². The van der Waals surface area contributed by atoms with Crippen LogP contribution in [-0.4, -0.2) is 59.5 Å². The highest BCUT2D eigenvalue weighted by Gasteiger charge is 2.32. The summed E-state index contributed by atoms with van der Waals surface area (Å²) < 4.78 is 42.5. The summed E-state index contributed by atoms with van der Waals surface area (Å²) in [5.74, 6) is -0.539. The van der Waals surface area contributed by atoms with E-state index < -0.39 is 10.0 Å². The molecule has 0 N–H and O–H groups in total. The summed E-state index contributed by atoms with van der Waals surface area (Å²) in [6.45, 7) is 6.48. The van der Waals surface area contributed by atoms with Crippen LogP contribution in [0.15, 0.2) is 53.6 Å². The Labute approximate surface area is 187 Å². The zero-order chi connectivity index (χ0) is 23.0. The molecule has 0 radical (unpaired) electrons. The second-order valence-electron chi connectivity index (χ2n) is 8.00. The molecule has 2 heterocycles. The molecule has 0 unspecified atom stereocenters. The molecule has 168 valence electrons. The van der Waals surface area contributed by atoms with Crippen LogP contribution in [0.2, 0.25) is 0 Å². The van der Waals surface area contributed by atoms with E-state index in [0.717, 1.165) is 5.56 Å². The number of amides is 1. The van der Waals surface area contributed by atoms with Gasteiger partial charge in [0.15, 0.2) is 0 Å².